The summed E-state index contributed by atoms with van der Waals surface area (Å²) >= 11 is 2.97. The summed E-state index contributed by atoms with van der Waals surface area (Å²) in [6, 6.07) is 6.34. The third-order valence-corrected chi connectivity index (χ3v) is 7.00. The van der Waals surface area contributed by atoms with E-state index in [0.29, 0.717) is 33.2 Å². The Balaban J connectivity index is 1.91. The van der Waals surface area contributed by atoms with Crippen molar-refractivity contribution in [2.45, 2.75) is 44.8 Å². The van der Waals surface area contributed by atoms with Gasteiger partial charge in [0.2, 0.25) is 0 Å². The molecule has 0 fully saturated rings. The molecule has 0 aliphatic heterocycles. The fraction of sp³-hybridized carbons (Fsp3) is 0.381. The number of benzene rings is 1. The summed E-state index contributed by atoms with van der Waals surface area (Å²) in [6.07, 6.45) is 0.894. The number of fused-ring (bicyclic) bond motifs is 1. The first-order valence-corrected chi connectivity index (χ1v) is 11.1. The molecule has 0 bridgehead atoms. The van der Waals surface area contributed by atoms with E-state index >= 15 is 0 Å². The van der Waals surface area contributed by atoms with E-state index in [9.17, 15) is 9.59 Å². The lowest BCUT2D eigenvalue weighted by Gasteiger charge is -2.15. The second-order valence-electron chi connectivity index (χ2n) is 7.03. The number of carbonyl (C=O) groups excluding carboxylic acids is 1. The number of H-pyrrole nitrogens is 1. The number of nitrogens with zero attached hydrogens (tertiary/aromatic N) is 2. The fourth-order valence-electron chi connectivity index (χ4n) is 3.08. The zero-order valence-corrected chi connectivity index (χ0v) is 18.5. The van der Waals surface area contributed by atoms with Gasteiger partial charge in [-0.05, 0) is 44.4 Å². The zero-order valence-electron chi connectivity index (χ0n) is 16.9. The quantitative estimate of drug-likeness (QED) is 0.594. The molecule has 0 saturated heterocycles. The molecule has 7 heteroatoms. The van der Waals surface area contributed by atoms with Gasteiger partial charge < -0.3 is 9.88 Å². The molecule has 2 aromatic heterocycles. The van der Waals surface area contributed by atoms with Gasteiger partial charge in [-0.25, -0.2) is 4.98 Å². The van der Waals surface area contributed by atoms with Gasteiger partial charge in [0.05, 0.1) is 16.0 Å². The monoisotopic (exact) mass is 415 g/mol. The Bertz CT molecular complexity index is 1090. The number of hydrogen-bond donors (Lipinski definition) is 1. The topological polar surface area (TPSA) is 66.1 Å². The molecule has 0 aliphatic rings. The van der Waals surface area contributed by atoms with Crippen molar-refractivity contribution in [1.82, 2.24) is 14.9 Å². The van der Waals surface area contributed by atoms with Crippen LogP contribution in [0.4, 0.5) is 0 Å². The van der Waals surface area contributed by atoms with Gasteiger partial charge in [-0.15, -0.1) is 23.1 Å². The minimum absolute atomic E-state index is 0.0481. The molecule has 28 heavy (non-hydrogen) atoms. The van der Waals surface area contributed by atoms with Crippen LogP contribution in [-0.2, 0) is 5.75 Å². The summed E-state index contributed by atoms with van der Waals surface area (Å²) in [7, 11) is 1.79. The molecule has 0 aliphatic carbocycles. The molecule has 5 nitrogen and oxygen atoms in total. The summed E-state index contributed by atoms with van der Waals surface area (Å²) < 4.78 is 0. The van der Waals surface area contributed by atoms with E-state index in [2.05, 4.69) is 42.0 Å². The van der Waals surface area contributed by atoms with Crippen LogP contribution in [0.1, 0.15) is 45.5 Å². The summed E-state index contributed by atoms with van der Waals surface area (Å²) in [5.41, 5.74) is 2.96. The van der Waals surface area contributed by atoms with E-state index in [1.807, 2.05) is 13.8 Å². The van der Waals surface area contributed by atoms with Crippen LogP contribution >= 0.6 is 23.1 Å². The zero-order chi connectivity index (χ0) is 20.4. The van der Waals surface area contributed by atoms with Gasteiger partial charge in [-0.1, -0.05) is 24.6 Å². The standard InChI is InChI=1S/C21H25N3O2S2/c1-6-9-24(5)21(26)18-14(4)17-19(25)22-16(23-20(17)28-18)11-27-15-10-12(2)7-8-13(15)3/h7-8,10H,6,9,11H2,1-5H3,(H,22,23,25). The van der Waals surface area contributed by atoms with Gasteiger partial charge in [-0.2, -0.15) is 0 Å². The first-order chi connectivity index (χ1) is 13.3. The van der Waals surface area contributed by atoms with Crippen molar-refractivity contribution in [3.63, 3.8) is 0 Å². The largest absolute Gasteiger partial charge is 0.341 e. The molecule has 2 heterocycles. The van der Waals surface area contributed by atoms with Crippen LogP contribution in [-0.4, -0.2) is 34.4 Å². The second kappa shape index (κ2) is 8.49. The number of aryl methyl sites for hydroxylation is 3. The highest BCUT2D eigenvalue weighted by atomic mass is 32.2. The van der Waals surface area contributed by atoms with Crippen LogP contribution < -0.4 is 5.56 Å². The van der Waals surface area contributed by atoms with Gasteiger partial charge in [0, 0.05) is 18.5 Å². The van der Waals surface area contributed by atoms with Gasteiger partial charge in [0.25, 0.3) is 11.5 Å². The minimum Gasteiger partial charge on any atom is -0.341 e. The molecule has 1 amide bonds. The number of hydrogen-bond acceptors (Lipinski definition) is 5. The molecule has 1 N–H and O–H groups in total. The maximum absolute atomic E-state index is 12.7. The number of nitrogens with one attached hydrogen (secondary N) is 1. The van der Waals surface area contributed by atoms with Crippen LogP contribution in [0.5, 0.6) is 0 Å². The van der Waals surface area contributed by atoms with Crippen molar-refractivity contribution >= 4 is 39.2 Å². The van der Waals surface area contributed by atoms with Crippen LogP contribution in [0.3, 0.4) is 0 Å². The Labute approximate surface area is 173 Å². The van der Waals surface area contributed by atoms with Crippen molar-refractivity contribution in [3.8, 4) is 0 Å². The first-order valence-electron chi connectivity index (χ1n) is 9.29. The predicted molar refractivity (Wildman–Crippen MR) is 118 cm³/mol. The summed E-state index contributed by atoms with van der Waals surface area (Å²) in [5.74, 6) is 1.16. The lowest BCUT2D eigenvalue weighted by Crippen LogP contribution is -2.27. The number of thiophene rings is 1. The highest BCUT2D eigenvalue weighted by molar-refractivity contribution is 7.98. The number of carbonyl (C=O) groups is 1. The van der Waals surface area contributed by atoms with Crippen molar-refractivity contribution in [1.29, 1.82) is 0 Å². The van der Waals surface area contributed by atoms with E-state index in [1.54, 1.807) is 23.7 Å². The van der Waals surface area contributed by atoms with Gasteiger partial charge in [0.1, 0.15) is 10.7 Å². The minimum atomic E-state index is -0.174. The van der Waals surface area contributed by atoms with E-state index in [0.717, 1.165) is 12.0 Å². The molecule has 3 aromatic rings. The SMILES string of the molecule is CCCN(C)C(=O)c1sc2nc(CSc3cc(C)ccc3C)[nH]c(=O)c2c1C. The second-order valence-corrected chi connectivity index (χ2v) is 9.05. The van der Waals surface area contributed by atoms with Crippen molar-refractivity contribution in [2.75, 3.05) is 13.6 Å². The molecule has 0 saturated carbocycles. The van der Waals surface area contributed by atoms with Crippen molar-refractivity contribution in [3.05, 3.63) is 55.9 Å². The molecular weight excluding hydrogens is 390 g/mol. The Kier molecular flexibility index (Phi) is 6.25. The lowest BCUT2D eigenvalue weighted by atomic mass is 10.2. The van der Waals surface area contributed by atoms with Crippen LogP contribution in [0.2, 0.25) is 0 Å². The number of aromatic nitrogens is 2. The molecule has 0 radical (unpaired) electrons. The van der Waals surface area contributed by atoms with Crippen molar-refractivity contribution < 1.29 is 4.79 Å². The van der Waals surface area contributed by atoms with Gasteiger partial charge in [-0.3, -0.25) is 9.59 Å². The Hall–Kier alpha value is -2.12. The maximum Gasteiger partial charge on any atom is 0.264 e. The predicted octanol–water partition coefficient (Wildman–Crippen LogP) is 4.68. The number of amides is 1. The van der Waals surface area contributed by atoms with Gasteiger partial charge >= 0.3 is 0 Å². The number of rotatable bonds is 6. The molecule has 0 unspecified atom stereocenters. The van der Waals surface area contributed by atoms with Crippen LogP contribution in [0.25, 0.3) is 10.2 Å². The Morgan fingerprint density at radius 3 is 2.75 bits per heavy atom. The Morgan fingerprint density at radius 1 is 1.29 bits per heavy atom. The normalized spacial score (nSPS) is 11.2. The lowest BCUT2D eigenvalue weighted by molar-refractivity contribution is 0.0799. The van der Waals surface area contributed by atoms with Gasteiger partial charge in [0.15, 0.2) is 0 Å². The van der Waals surface area contributed by atoms with Crippen LogP contribution in [0, 0.1) is 20.8 Å². The fourth-order valence-corrected chi connectivity index (χ4v) is 5.27. The summed E-state index contributed by atoms with van der Waals surface area (Å²) in [5, 5.41) is 0.527. The molecule has 0 atom stereocenters. The number of aromatic amines is 1. The third kappa shape index (κ3) is 4.15. The Morgan fingerprint density at radius 2 is 2.04 bits per heavy atom. The highest BCUT2D eigenvalue weighted by Crippen LogP contribution is 2.30. The molecule has 0 spiro atoms. The van der Waals surface area contributed by atoms with E-state index < -0.39 is 0 Å². The maximum atomic E-state index is 12.7. The third-order valence-electron chi connectivity index (χ3n) is 4.66. The average molecular weight is 416 g/mol. The molecule has 3 rings (SSSR count). The molecule has 1 aromatic carbocycles. The summed E-state index contributed by atoms with van der Waals surface area (Å²) in [4.78, 5) is 37.0. The number of thioether (sulfide) groups is 1. The van der Waals surface area contributed by atoms with E-state index in [4.69, 9.17) is 0 Å². The van der Waals surface area contributed by atoms with E-state index in [1.165, 1.54) is 27.4 Å². The average Bonchev–Trinajstić information content (AvgIpc) is 2.99. The highest BCUT2D eigenvalue weighted by Gasteiger charge is 2.21. The molecule has 148 valence electrons. The van der Waals surface area contributed by atoms with Crippen LogP contribution in [0.15, 0.2) is 27.9 Å². The van der Waals surface area contributed by atoms with E-state index in [-0.39, 0.29) is 11.5 Å². The van der Waals surface area contributed by atoms with Crippen molar-refractivity contribution in [2.24, 2.45) is 0 Å². The summed E-state index contributed by atoms with van der Waals surface area (Å²) in [6.45, 7) is 8.70. The first kappa shape index (κ1) is 20.6. The molecular formula is C21H25N3O2S2. The smallest absolute Gasteiger partial charge is 0.264 e.